The van der Waals surface area contributed by atoms with Crippen LogP contribution in [0, 0.1) is 0 Å². The minimum absolute atomic E-state index is 0.148. The first-order chi connectivity index (χ1) is 10.6. The fraction of sp³-hybridized carbons (Fsp3) is 0.125. The Morgan fingerprint density at radius 3 is 2.64 bits per heavy atom. The number of amides is 3. The summed E-state index contributed by atoms with van der Waals surface area (Å²) in [7, 11) is 1.87. The predicted molar refractivity (Wildman–Crippen MR) is 83.9 cm³/mol. The third kappa shape index (κ3) is 2.63. The molecule has 6 heteroatoms. The first-order valence-electron chi connectivity index (χ1n) is 6.75. The topological polar surface area (TPSA) is 54.3 Å². The summed E-state index contributed by atoms with van der Waals surface area (Å²) >= 11 is 6.08. The number of carbonyl (C=O) groups excluding carboxylic acids is 2. The van der Waals surface area contributed by atoms with Gasteiger partial charge in [0.2, 0.25) is 0 Å². The molecule has 1 aliphatic rings. The van der Waals surface area contributed by atoms with Crippen LogP contribution in [0.3, 0.4) is 0 Å². The van der Waals surface area contributed by atoms with Gasteiger partial charge in [-0.05, 0) is 29.8 Å². The van der Waals surface area contributed by atoms with Crippen LogP contribution in [0.4, 0.5) is 4.79 Å². The Morgan fingerprint density at radius 2 is 1.95 bits per heavy atom. The molecule has 5 nitrogen and oxygen atoms in total. The molecule has 0 saturated carbocycles. The lowest BCUT2D eigenvalue weighted by Crippen LogP contribution is -2.30. The van der Waals surface area contributed by atoms with Crippen LogP contribution in [0.25, 0.3) is 6.08 Å². The van der Waals surface area contributed by atoms with E-state index in [1.165, 1.54) is 0 Å². The minimum Gasteiger partial charge on any atom is -0.351 e. The Bertz CT molecular complexity index is 779. The second-order valence-electron chi connectivity index (χ2n) is 5.01. The Hall–Kier alpha value is -2.53. The van der Waals surface area contributed by atoms with Gasteiger partial charge in [0, 0.05) is 24.0 Å². The van der Waals surface area contributed by atoms with E-state index in [-0.39, 0.29) is 18.1 Å². The molecule has 3 rings (SSSR count). The van der Waals surface area contributed by atoms with Crippen LogP contribution in [-0.4, -0.2) is 21.4 Å². The van der Waals surface area contributed by atoms with Crippen molar-refractivity contribution in [1.82, 2.24) is 14.8 Å². The number of nitrogens with zero attached hydrogens (tertiary/aromatic N) is 2. The van der Waals surface area contributed by atoms with Crippen LogP contribution in [0.2, 0.25) is 5.02 Å². The summed E-state index contributed by atoms with van der Waals surface area (Å²) in [5.41, 5.74) is 1.83. The van der Waals surface area contributed by atoms with Gasteiger partial charge in [0.25, 0.3) is 5.91 Å². The Labute approximate surface area is 132 Å². The number of aromatic nitrogens is 1. The number of aryl methyl sites for hydroxylation is 1. The van der Waals surface area contributed by atoms with Crippen molar-refractivity contribution in [3.05, 3.63) is 64.6 Å². The van der Waals surface area contributed by atoms with Gasteiger partial charge in [-0.3, -0.25) is 9.69 Å². The second-order valence-corrected chi connectivity index (χ2v) is 5.42. The summed E-state index contributed by atoms with van der Waals surface area (Å²) in [5, 5.41) is 3.13. The van der Waals surface area contributed by atoms with Gasteiger partial charge < -0.3 is 9.88 Å². The average molecular weight is 316 g/mol. The molecule has 22 heavy (non-hydrogen) atoms. The van der Waals surface area contributed by atoms with E-state index < -0.39 is 6.03 Å². The van der Waals surface area contributed by atoms with E-state index in [1.54, 1.807) is 24.3 Å². The van der Waals surface area contributed by atoms with E-state index >= 15 is 0 Å². The SMILES string of the molecule is Cn1cccc1/C=C1\NC(=O)N(Cc2ccccc2Cl)C1=O. The van der Waals surface area contributed by atoms with Crippen LogP contribution in [0.15, 0.2) is 48.3 Å². The van der Waals surface area contributed by atoms with Crippen molar-refractivity contribution in [2.24, 2.45) is 7.05 Å². The second kappa shape index (κ2) is 5.69. The largest absolute Gasteiger partial charge is 0.351 e. The summed E-state index contributed by atoms with van der Waals surface area (Å²) in [6.45, 7) is 0.148. The first kappa shape index (κ1) is 14.4. The normalized spacial score (nSPS) is 16.5. The zero-order chi connectivity index (χ0) is 15.7. The van der Waals surface area contributed by atoms with Crippen LogP contribution in [0.1, 0.15) is 11.3 Å². The molecule has 112 valence electrons. The highest BCUT2D eigenvalue weighted by atomic mass is 35.5. The molecule has 1 fully saturated rings. The molecule has 0 radical (unpaired) electrons. The molecule has 0 unspecified atom stereocenters. The molecule has 1 aromatic carbocycles. The summed E-state index contributed by atoms with van der Waals surface area (Å²) in [6, 6.07) is 10.4. The zero-order valence-electron chi connectivity index (χ0n) is 11.9. The average Bonchev–Trinajstić information content (AvgIpc) is 3.00. The maximum Gasteiger partial charge on any atom is 0.329 e. The first-order valence-corrected chi connectivity index (χ1v) is 7.13. The fourth-order valence-corrected chi connectivity index (χ4v) is 2.48. The summed E-state index contributed by atoms with van der Waals surface area (Å²) in [6.07, 6.45) is 3.53. The molecular weight excluding hydrogens is 302 g/mol. The lowest BCUT2D eigenvalue weighted by molar-refractivity contribution is -0.123. The highest BCUT2D eigenvalue weighted by Gasteiger charge is 2.33. The highest BCUT2D eigenvalue weighted by Crippen LogP contribution is 2.21. The minimum atomic E-state index is -0.439. The molecule has 1 saturated heterocycles. The fourth-order valence-electron chi connectivity index (χ4n) is 2.28. The number of carbonyl (C=O) groups is 2. The number of hydrogen-bond acceptors (Lipinski definition) is 2. The molecular formula is C16H14ClN3O2. The number of rotatable bonds is 3. The molecule has 0 spiro atoms. The molecule has 0 atom stereocenters. The monoisotopic (exact) mass is 315 g/mol. The van der Waals surface area contributed by atoms with E-state index in [4.69, 9.17) is 11.6 Å². The predicted octanol–water partition coefficient (Wildman–Crippen LogP) is 2.77. The van der Waals surface area contributed by atoms with Crippen molar-refractivity contribution < 1.29 is 9.59 Å². The van der Waals surface area contributed by atoms with Gasteiger partial charge in [0.15, 0.2) is 0 Å². The number of benzene rings is 1. The number of urea groups is 1. The summed E-state index contributed by atoms with van der Waals surface area (Å²) in [4.78, 5) is 25.6. The van der Waals surface area contributed by atoms with E-state index in [9.17, 15) is 9.59 Å². The Kier molecular flexibility index (Phi) is 3.73. The van der Waals surface area contributed by atoms with Crippen LogP contribution >= 0.6 is 11.6 Å². The maximum atomic E-state index is 12.4. The van der Waals surface area contributed by atoms with E-state index in [1.807, 2.05) is 36.0 Å². The van der Waals surface area contributed by atoms with E-state index in [0.717, 1.165) is 16.2 Å². The quantitative estimate of drug-likeness (QED) is 0.699. The van der Waals surface area contributed by atoms with Gasteiger partial charge in [0.1, 0.15) is 5.70 Å². The van der Waals surface area contributed by atoms with Crippen molar-refractivity contribution in [1.29, 1.82) is 0 Å². The maximum absolute atomic E-state index is 12.4. The van der Waals surface area contributed by atoms with Crippen molar-refractivity contribution >= 4 is 29.6 Å². The summed E-state index contributed by atoms with van der Waals surface area (Å²) < 4.78 is 1.86. The zero-order valence-corrected chi connectivity index (χ0v) is 12.7. The van der Waals surface area contributed by atoms with E-state index in [0.29, 0.717) is 5.02 Å². The Morgan fingerprint density at radius 1 is 1.18 bits per heavy atom. The molecule has 1 N–H and O–H groups in total. The van der Waals surface area contributed by atoms with Gasteiger partial charge in [-0.2, -0.15) is 0 Å². The van der Waals surface area contributed by atoms with Gasteiger partial charge in [-0.25, -0.2) is 4.79 Å². The smallest absolute Gasteiger partial charge is 0.329 e. The molecule has 0 aliphatic carbocycles. The van der Waals surface area contributed by atoms with Crippen molar-refractivity contribution in [2.75, 3.05) is 0 Å². The van der Waals surface area contributed by atoms with Crippen LogP contribution in [0.5, 0.6) is 0 Å². The Balaban J connectivity index is 1.85. The standard InChI is InChI=1S/C16H14ClN3O2/c1-19-8-4-6-12(19)9-14-15(21)20(16(22)18-14)10-11-5-2-3-7-13(11)17/h2-9H,10H2,1H3,(H,18,22)/b14-9-. The molecule has 0 bridgehead atoms. The van der Waals surface area contributed by atoms with Gasteiger partial charge in [0.05, 0.1) is 6.54 Å². The number of halogens is 1. The number of imide groups is 1. The number of hydrogen-bond donors (Lipinski definition) is 1. The third-order valence-corrected chi connectivity index (χ3v) is 3.89. The lowest BCUT2D eigenvalue weighted by atomic mass is 10.2. The highest BCUT2D eigenvalue weighted by molar-refractivity contribution is 6.31. The molecule has 1 aliphatic heterocycles. The van der Waals surface area contributed by atoms with Crippen molar-refractivity contribution in [3.8, 4) is 0 Å². The third-order valence-electron chi connectivity index (χ3n) is 3.52. The van der Waals surface area contributed by atoms with Gasteiger partial charge >= 0.3 is 6.03 Å². The molecule has 1 aromatic heterocycles. The van der Waals surface area contributed by atoms with Gasteiger partial charge in [-0.15, -0.1) is 0 Å². The molecule has 2 heterocycles. The molecule has 3 amide bonds. The number of nitrogens with one attached hydrogen (secondary N) is 1. The van der Waals surface area contributed by atoms with Crippen LogP contribution < -0.4 is 5.32 Å². The van der Waals surface area contributed by atoms with Gasteiger partial charge in [-0.1, -0.05) is 29.8 Å². The van der Waals surface area contributed by atoms with Crippen molar-refractivity contribution in [3.63, 3.8) is 0 Å². The lowest BCUT2D eigenvalue weighted by Gasteiger charge is -2.12. The van der Waals surface area contributed by atoms with Crippen molar-refractivity contribution in [2.45, 2.75) is 6.54 Å². The van der Waals surface area contributed by atoms with E-state index in [2.05, 4.69) is 5.32 Å². The van der Waals surface area contributed by atoms with Crippen LogP contribution in [-0.2, 0) is 18.4 Å². The molecule has 2 aromatic rings. The summed E-state index contributed by atoms with van der Waals surface area (Å²) in [5.74, 6) is -0.355.